The van der Waals surface area contributed by atoms with Crippen LogP contribution in [-0.4, -0.2) is 6.88 Å². The predicted octanol–water partition coefficient (Wildman–Crippen LogP) is 13.3. The van der Waals surface area contributed by atoms with Crippen LogP contribution in [-0.2, 0) is 22.8 Å². The van der Waals surface area contributed by atoms with Gasteiger partial charge in [-0.3, -0.25) is 0 Å². The molecule has 4 aromatic rings. The Bertz CT molecular complexity index is 1930. The standard InChI is InChI=1S/C23H27.C19H19.2CH3.2ClH.H2Si.Zr/c1-6-16(2)19-14-18-8-7-9-21(22(18)15-19)17-10-12-20(13-11-17)23(3,4)5;1-13(2)15-7-9-16(10-8-15)18-6-4-5-17-11-14(3)12-19(17)18;;;;;;/h7-16H,6H2,1-5H3;4-13H,1-3H3;2*1H3;2*1H;1H2;. The fourth-order valence-electron chi connectivity index (χ4n) is 8.82. The molecule has 0 nitrogen and oxygen atoms in total. The van der Waals surface area contributed by atoms with Gasteiger partial charge in [0.25, 0.3) is 0 Å². The third kappa shape index (κ3) is 6.74. The SMILES string of the molecule is CCC(C)C1=Cc2c(-c3ccc(C(C)(C)C)cc3)cccc2[CH]1[Zr]([CH3])([CH3])(=[SiH2])[CH]1C(C)=Cc2c(-c3ccc(C(C)C)cc3)cccc21.Cl.Cl. The molecule has 0 amide bonds. The van der Waals surface area contributed by atoms with Crippen molar-refractivity contribution in [3.8, 4) is 22.3 Å². The van der Waals surface area contributed by atoms with Crippen LogP contribution in [0.25, 0.3) is 34.4 Å². The first-order valence-electron chi connectivity index (χ1n) is 17.5. The van der Waals surface area contributed by atoms with Crippen LogP contribution in [0.5, 0.6) is 0 Å². The molecule has 0 aromatic heterocycles. The van der Waals surface area contributed by atoms with E-state index in [0.717, 1.165) is 0 Å². The second-order valence-corrected chi connectivity index (χ2v) is 47.3. The van der Waals surface area contributed by atoms with Gasteiger partial charge in [0, 0.05) is 0 Å². The maximum Gasteiger partial charge on any atom is -0.147 e. The van der Waals surface area contributed by atoms with Crippen LogP contribution in [0.4, 0.5) is 0 Å². The van der Waals surface area contributed by atoms with Crippen molar-refractivity contribution in [2.45, 2.75) is 89.7 Å². The summed E-state index contributed by atoms with van der Waals surface area (Å²) in [5.74, 6) is 1.10. The molecule has 3 atom stereocenters. The minimum atomic E-state index is -3.68. The summed E-state index contributed by atoms with van der Waals surface area (Å²) in [5.41, 5.74) is 17.7. The monoisotopic (exact) mass is 772 g/mol. The van der Waals surface area contributed by atoms with E-state index in [1.165, 1.54) is 50.9 Å². The summed E-state index contributed by atoms with van der Waals surface area (Å²) in [6, 6.07) is 33.0. The van der Waals surface area contributed by atoms with Crippen molar-refractivity contribution >= 4 is 43.8 Å². The van der Waals surface area contributed by atoms with E-state index >= 15 is 0 Å². The summed E-state index contributed by atoms with van der Waals surface area (Å²) in [6.45, 7) is 21.2. The fraction of sp³-hybridized carbons (Fsp3) is 0.364. The predicted molar refractivity (Wildman–Crippen MR) is 218 cm³/mol. The molecule has 0 N–H and O–H groups in total. The van der Waals surface area contributed by atoms with Gasteiger partial charge in [0.2, 0.25) is 0 Å². The fourth-order valence-corrected chi connectivity index (χ4v) is 29.3. The first-order valence-corrected chi connectivity index (χ1v) is 31.2. The van der Waals surface area contributed by atoms with Gasteiger partial charge in [0.1, 0.15) is 0 Å². The number of fused-ring (bicyclic) bond motifs is 2. The Morgan fingerprint density at radius 1 is 0.688 bits per heavy atom. The van der Waals surface area contributed by atoms with E-state index in [0.29, 0.717) is 19.1 Å². The maximum atomic E-state index is 2.78. The summed E-state index contributed by atoms with van der Waals surface area (Å²) in [7, 11) is 0. The topological polar surface area (TPSA) is 0 Å². The van der Waals surface area contributed by atoms with Gasteiger partial charge in [0.15, 0.2) is 0 Å². The molecule has 0 spiro atoms. The Morgan fingerprint density at radius 2 is 1.17 bits per heavy atom. The molecule has 254 valence electrons. The van der Waals surface area contributed by atoms with Crippen LogP contribution in [0.1, 0.15) is 108 Å². The van der Waals surface area contributed by atoms with Gasteiger partial charge in [-0.1, -0.05) is 0 Å². The molecule has 0 bridgehead atoms. The smallest absolute Gasteiger partial charge is 0.147 e. The second-order valence-electron chi connectivity index (χ2n) is 16.9. The van der Waals surface area contributed by atoms with Gasteiger partial charge in [-0.05, 0) is 0 Å². The number of hydrogen-bond donors (Lipinski definition) is 0. The second kappa shape index (κ2) is 14.0. The van der Waals surface area contributed by atoms with Crippen LogP contribution in [0.15, 0.2) is 96.1 Å². The third-order valence-electron chi connectivity index (χ3n) is 11.4. The van der Waals surface area contributed by atoms with E-state index in [1.807, 2.05) is 0 Å². The molecule has 4 heteroatoms. The van der Waals surface area contributed by atoms with Gasteiger partial charge in [-0.15, -0.1) is 24.8 Å². The maximum absolute atomic E-state index is 3.68. The van der Waals surface area contributed by atoms with Crippen LogP contribution >= 0.6 is 24.8 Å². The third-order valence-corrected chi connectivity index (χ3v) is 29.0. The number of halogens is 2. The average Bonchev–Trinajstić information content (AvgIpc) is 3.59. The van der Waals surface area contributed by atoms with Crippen LogP contribution in [0.3, 0.4) is 0 Å². The van der Waals surface area contributed by atoms with E-state index < -0.39 is 17.4 Å². The van der Waals surface area contributed by atoms with E-state index in [-0.39, 0.29) is 30.2 Å². The van der Waals surface area contributed by atoms with Crippen molar-refractivity contribution < 1.29 is 17.4 Å². The Hall–Kier alpha value is -1.96. The molecule has 48 heavy (non-hydrogen) atoms. The molecule has 0 radical (unpaired) electrons. The molecule has 2 aliphatic carbocycles. The first kappa shape index (κ1) is 38.8. The number of allylic oxidation sites excluding steroid dienone is 2. The largest absolute Gasteiger partial charge is 0.147 e. The summed E-state index contributed by atoms with van der Waals surface area (Å²) in [6.07, 6.45) is 6.36. The average molecular weight is 775 g/mol. The zero-order valence-corrected chi connectivity index (χ0v) is 36.3. The van der Waals surface area contributed by atoms with Crippen molar-refractivity contribution in [3.63, 3.8) is 0 Å². The van der Waals surface area contributed by atoms with E-state index in [4.69, 9.17) is 0 Å². The minimum Gasteiger partial charge on any atom is -0.147 e. The first-order chi connectivity index (χ1) is 21.6. The van der Waals surface area contributed by atoms with Crippen LogP contribution in [0, 0.1) is 5.92 Å². The van der Waals surface area contributed by atoms with E-state index in [2.05, 4.69) is 169 Å². The molecule has 0 heterocycles. The van der Waals surface area contributed by atoms with Crippen molar-refractivity contribution in [1.82, 2.24) is 0 Å². The van der Waals surface area contributed by atoms with Gasteiger partial charge >= 0.3 is 284 Å². The molecule has 3 unspecified atom stereocenters. The number of benzene rings is 4. The summed E-state index contributed by atoms with van der Waals surface area (Å²) >= 11 is -3.68. The molecule has 0 fully saturated rings. The van der Waals surface area contributed by atoms with E-state index in [9.17, 15) is 0 Å². The number of hydrogen-bond acceptors (Lipinski definition) is 0. The summed E-state index contributed by atoms with van der Waals surface area (Å²) < 4.78 is 6.60. The van der Waals surface area contributed by atoms with Crippen molar-refractivity contribution in [1.29, 1.82) is 0 Å². The Kier molecular flexibility index (Phi) is 11.3. The quantitative estimate of drug-likeness (QED) is 0.164. The van der Waals surface area contributed by atoms with Crippen molar-refractivity contribution in [2.24, 2.45) is 5.92 Å². The van der Waals surface area contributed by atoms with Gasteiger partial charge in [0.05, 0.1) is 0 Å². The van der Waals surface area contributed by atoms with Gasteiger partial charge in [-0.2, -0.15) is 0 Å². The number of rotatable bonds is 7. The Balaban J connectivity index is 0.00000260. The zero-order valence-electron chi connectivity index (χ0n) is 30.8. The molecule has 4 aromatic carbocycles. The van der Waals surface area contributed by atoms with Crippen molar-refractivity contribution in [3.05, 3.63) is 129 Å². The Morgan fingerprint density at radius 3 is 1.65 bits per heavy atom. The molecular formula is C44H56Cl2SiZr. The summed E-state index contributed by atoms with van der Waals surface area (Å²) in [4.78, 5) is 0. The Labute approximate surface area is 306 Å². The van der Waals surface area contributed by atoms with Crippen LogP contribution in [0.2, 0.25) is 9.26 Å². The molecule has 0 saturated carbocycles. The summed E-state index contributed by atoms with van der Waals surface area (Å²) in [5, 5.41) is 0. The molecule has 6 rings (SSSR count). The van der Waals surface area contributed by atoms with Crippen molar-refractivity contribution in [2.75, 3.05) is 0 Å². The molecular weight excluding hydrogens is 719 g/mol. The van der Waals surface area contributed by atoms with Crippen LogP contribution < -0.4 is 0 Å². The van der Waals surface area contributed by atoms with Gasteiger partial charge < -0.3 is 0 Å². The van der Waals surface area contributed by atoms with Gasteiger partial charge in [-0.25, -0.2) is 0 Å². The molecule has 0 aliphatic heterocycles. The van der Waals surface area contributed by atoms with E-state index in [1.54, 1.807) is 22.3 Å². The molecule has 2 aliphatic rings. The zero-order chi connectivity index (χ0) is 33.2. The molecule has 0 saturated heterocycles. The normalized spacial score (nSPS) is 17.9. The minimum absolute atomic E-state index is 0.